The highest BCUT2D eigenvalue weighted by molar-refractivity contribution is 6.32. The van der Waals surface area contributed by atoms with E-state index in [2.05, 4.69) is 5.32 Å². The van der Waals surface area contributed by atoms with Gasteiger partial charge >= 0.3 is 0 Å². The predicted octanol–water partition coefficient (Wildman–Crippen LogP) is 5.54. The summed E-state index contributed by atoms with van der Waals surface area (Å²) in [6.45, 7) is 2.34. The van der Waals surface area contributed by atoms with Gasteiger partial charge in [0.05, 0.1) is 5.02 Å². The van der Waals surface area contributed by atoms with Gasteiger partial charge in [-0.3, -0.25) is 9.59 Å². The Balaban J connectivity index is 1.91. The molecule has 3 aromatic carbocycles. The topological polar surface area (TPSA) is 58.6 Å². The summed E-state index contributed by atoms with van der Waals surface area (Å²) in [4.78, 5) is 28.2. The lowest BCUT2D eigenvalue weighted by Gasteiger charge is -2.31. The molecule has 1 unspecified atom stereocenters. The van der Waals surface area contributed by atoms with E-state index in [0.29, 0.717) is 28.4 Å². The summed E-state index contributed by atoms with van der Waals surface area (Å²) in [5.74, 6) is -0.680. The van der Waals surface area contributed by atoms with E-state index in [1.807, 2.05) is 37.3 Å². The number of nitrogens with zero attached hydrogens (tertiary/aromatic N) is 1. The van der Waals surface area contributed by atoms with Gasteiger partial charge in [0.25, 0.3) is 5.91 Å². The monoisotopic (exact) mass is 482 g/mol. The lowest BCUT2D eigenvalue weighted by molar-refractivity contribution is -0.143. The van der Waals surface area contributed by atoms with Crippen LogP contribution in [-0.2, 0) is 16.1 Å². The predicted molar refractivity (Wildman–Crippen MR) is 131 cm³/mol. The summed E-state index contributed by atoms with van der Waals surface area (Å²) in [6, 6.07) is 21.0. The first-order valence-corrected chi connectivity index (χ1v) is 11.6. The molecule has 5 nitrogen and oxygen atoms in total. The van der Waals surface area contributed by atoms with Gasteiger partial charge in [0.2, 0.25) is 5.91 Å². The van der Waals surface area contributed by atoms with E-state index in [1.54, 1.807) is 36.4 Å². The fourth-order valence-electron chi connectivity index (χ4n) is 3.49. The standard InChI is InChI=1S/C27H28ClFN2O3/c1-2-3-17-30-27(33)26(21-9-5-4-6-10-21)31(18-20-13-15-22(29)16-14-20)25(32)19-34-24-12-8-7-11-23(24)28/h4-16,26H,2-3,17-19H2,1H3,(H,30,33). The Kier molecular flexibility index (Phi) is 9.47. The Labute approximate surface area is 204 Å². The molecule has 0 aliphatic rings. The second-order valence-electron chi connectivity index (χ2n) is 7.83. The van der Waals surface area contributed by atoms with Gasteiger partial charge in [0.15, 0.2) is 6.61 Å². The van der Waals surface area contributed by atoms with E-state index in [9.17, 15) is 14.0 Å². The van der Waals surface area contributed by atoms with Crippen LogP contribution in [-0.4, -0.2) is 29.9 Å². The number of para-hydroxylation sites is 1. The van der Waals surface area contributed by atoms with Crippen LogP contribution >= 0.6 is 11.6 Å². The van der Waals surface area contributed by atoms with Crippen LogP contribution in [0, 0.1) is 5.82 Å². The largest absolute Gasteiger partial charge is 0.482 e. The second-order valence-corrected chi connectivity index (χ2v) is 8.23. The van der Waals surface area contributed by atoms with E-state index in [1.165, 1.54) is 17.0 Å². The molecule has 0 aliphatic carbocycles. The summed E-state index contributed by atoms with van der Waals surface area (Å²) in [5.41, 5.74) is 1.36. The van der Waals surface area contributed by atoms with Crippen molar-refractivity contribution in [1.29, 1.82) is 0 Å². The second kappa shape index (κ2) is 12.8. The maximum Gasteiger partial charge on any atom is 0.261 e. The van der Waals surface area contributed by atoms with E-state index < -0.39 is 11.9 Å². The zero-order chi connectivity index (χ0) is 24.3. The summed E-state index contributed by atoms with van der Waals surface area (Å²) in [6.07, 6.45) is 1.76. The highest BCUT2D eigenvalue weighted by Gasteiger charge is 2.31. The van der Waals surface area contributed by atoms with Crippen molar-refractivity contribution in [1.82, 2.24) is 10.2 Å². The molecule has 34 heavy (non-hydrogen) atoms. The molecule has 2 amide bonds. The molecule has 0 aliphatic heterocycles. The Morgan fingerprint density at radius 3 is 2.35 bits per heavy atom. The summed E-state index contributed by atoms with van der Waals surface area (Å²) < 4.78 is 19.2. The quantitative estimate of drug-likeness (QED) is 0.365. The third-order valence-corrected chi connectivity index (χ3v) is 5.59. The average Bonchev–Trinajstić information content (AvgIpc) is 2.85. The van der Waals surface area contributed by atoms with Crippen LogP contribution in [0.4, 0.5) is 4.39 Å². The van der Waals surface area contributed by atoms with Crippen molar-refractivity contribution >= 4 is 23.4 Å². The van der Waals surface area contributed by atoms with Crippen molar-refractivity contribution in [2.45, 2.75) is 32.4 Å². The minimum absolute atomic E-state index is 0.103. The number of hydrogen-bond acceptors (Lipinski definition) is 3. The number of benzene rings is 3. The number of carbonyl (C=O) groups is 2. The van der Waals surface area contributed by atoms with Crippen LogP contribution in [0.25, 0.3) is 0 Å². The molecule has 0 saturated heterocycles. The molecule has 0 aromatic heterocycles. The zero-order valence-corrected chi connectivity index (χ0v) is 19.8. The molecule has 0 fully saturated rings. The number of carbonyl (C=O) groups excluding carboxylic acids is 2. The fraction of sp³-hybridized carbons (Fsp3) is 0.259. The third kappa shape index (κ3) is 7.06. The first-order chi connectivity index (χ1) is 16.5. The molecule has 0 heterocycles. The smallest absolute Gasteiger partial charge is 0.261 e. The molecule has 178 valence electrons. The number of hydrogen-bond donors (Lipinski definition) is 1. The number of nitrogens with one attached hydrogen (secondary N) is 1. The summed E-state index contributed by atoms with van der Waals surface area (Å²) in [5, 5.41) is 3.33. The van der Waals surface area contributed by atoms with Crippen molar-refractivity contribution in [2.24, 2.45) is 0 Å². The average molecular weight is 483 g/mol. The Morgan fingerprint density at radius 2 is 1.68 bits per heavy atom. The minimum Gasteiger partial charge on any atom is -0.482 e. The van der Waals surface area contributed by atoms with Gasteiger partial charge < -0.3 is 15.0 Å². The highest BCUT2D eigenvalue weighted by Crippen LogP contribution is 2.26. The van der Waals surface area contributed by atoms with Gasteiger partial charge in [-0.2, -0.15) is 0 Å². The molecule has 0 saturated carbocycles. The molecule has 3 aromatic rings. The van der Waals surface area contributed by atoms with Gasteiger partial charge in [0.1, 0.15) is 17.6 Å². The molecule has 1 N–H and O–H groups in total. The van der Waals surface area contributed by atoms with Gasteiger partial charge in [-0.15, -0.1) is 0 Å². The van der Waals surface area contributed by atoms with Gasteiger partial charge in [-0.05, 0) is 41.8 Å². The first kappa shape index (κ1) is 25.2. The van der Waals surface area contributed by atoms with Gasteiger partial charge in [-0.1, -0.05) is 79.5 Å². The molecule has 0 bridgehead atoms. The van der Waals surface area contributed by atoms with E-state index >= 15 is 0 Å². The SMILES string of the molecule is CCCCNC(=O)C(c1ccccc1)N(Cc1ccc(F)cc1)C(=O)COc1ccccc1Cl. The van der Waals surface area contributed by atoms with E-state index in [-0.39, 0.29) is 24.9 Å². The van der Waals surface area contributed by atoms with E-state index in [4.69, 9.17) is 16.3 Å². The summed E-state index contributed by atoms with van der Waals surface area (Å²) >= 11 is 6.16. The Bertz CT molecular complexity index is 1080. The molecule has 0 radical (unpaired) electrons. The van der Waals surface area contributed by atoms with Crippen molar-refractivity contribution < 1.29 is 18.7 Å². The van der Waals surface area contributed by atoms with Crippen molar-refractivity contribution in [3.05, 3.63) is 101 Å². The first-order valence-electron chi connectivity index (χ1n) is 11.2. The number of amides is 2. The van der Waals surface area contributed by atoms with Gasteiger partial charge in [-0.25, -0.2) is 4.39 Å². The molecule has 1 atom stereocenters. The van der Waals surface area contributed by atoms with Crippen molar-refractivity contribution in [3.63, 3.8) is 0 Å². The van der Waals surface area contributed by atoms with Crippen molar-refractivity contribution in [3.8, 4) is 5.75 Å². The van der Waals surface area contributed by atoms with Crippen LogP contribution in [0.3, 0.4) is 0 Å². The normalized spacial score (nSPS) is 11.5. The number of halogens is 2. The Morgan fingerprint density at radius 1 is 1.00 bits per heavy atom. The van der Waals surface area contributed by atoms with E-state index in [0.717, 1.165) is 12.8 Å². The number of unbranched alkanes of at least 4 members (excludes halogenated alkanes) is 1. The molecular weight excluding hydrogens is 455 g/mol. The zero-order valence-electron chi connectivity index (χ0n) is 19.0. The molecule has 7 heteroatoms. The fourth-order valence-corrected chi connectivity index (χ4v) is 3.68. The molecular formula is C27H28ClFN2O3. The lowest BCUT2D eigenvalue weighted by atomic mass is 10.0. The van der Waals surface area contributed by atoms with Crippen LogP contribution < -0.4 is 10.1 Å². The van der Waals surface area contributed by atoms with Crippen LogP contribution in [0.15, 0.2) is 78.9 Å². The molecule has 0 spiro atoms. The Hall–Kier alpha value is -3.38. The molecule has 3 rings (SSSR count). The maximum atomic E-state index is 13.5. The number of ether oxygens (including phenoxy) is 1. The van der Waals surface area contributed by atoms with Crippen LogP contribution in [0.2, 0.25) is 5.02 Å². The summed E-state index contributed by atoms with van der Waals surface area (Å²) in [7, 11) is 0. The number of rotatable bonds is 11. The van der Waals surface area contributed by atoms with Crippen molar-refractivity contribution in [2.75, 3.05) is 13.2 Å². The lowest BCUT2D eigenvalue weighted by Crippen LogP contribution is -2.45. The van der Waals surface area contributed by atoms with Crippen LogP contribution in [0.1, 0.15) is 36.9 Å². The van der Waals surface area contributed by atoms with Gasteiger partial charge in [0, 0.05) is 13.1 Å². The maximum absolute atomic E-state index is 13.5. The third-order valence-electron chi connectivity index (χ3n) is 5.28. The minimum atomic E-state index is -0.884. The van der Waals surface area contributed by atoms with Crippen LogP contribution in [0.5, 0.6) is 5.75 Å². The highest BCUT2D eigenvalue weighted by atomic mass is 35.5.